The van der Waals surface area contributed by atoms with Crippen molar-refractivity contribution in [1.29, 1.82) is 0 Å². The van der Waals surface area contributed by atoms with Gasteiger partial charge in [0.25, 0.3) is 5.56 Å². The number of aliphatic hydroxyl groups is 1. The summed E-state index contributed by atoms with van der Waals surface area (Å²) in [6.07, 6.45) is 4.83. The highest BCUT2D eigenvalue weighted by Gasteiger charge is 2.21. The first kappa shape index (κ1) is 15.9. The molecular weight excluding hydrogens is 279 g/mol. The number of rotatable bonds is 7. The molecule has 2 heterocycles. The molecule has 1 unspecified atom stereocenters. The maximum atomic E-state index is 13.7. The molecule has 0 radical (unpaired) electrons. The Morgan fingerprint density at radius 3 is 2.71 bits per heavy atom. The van der Waals surface area contributed by atoms with Crippen molar-refractivity contribution in [3.05, 3.63) is 32.9 Å². The predicted octanol–water partition coefficient (Wildman–Crippen LogP) is 1.01. The van der Waals surface area contributed by atoms with Crippen LogP contribution in [0.1, 0.15) is 44.8 Å². The first-order valence-corrected chi connectivity index (χ1v) is 7.39. The van der Waals surface area contributed by atoms with E-state index in [1.54, 1.807) is 0 Å². The number of unbranched alkanes of at least 4 members (excludes halogenated alkanes) is 3. The molecule has 1 aromatic rings. The largest absolute Gasteiger partial charge is 0.396 e. The number of ether oxygens (including phenoxy) is 1. The van der Waals surface area contributed by atoms with E-state index >= 15 is 0 Å². The van der Waals surface area contributed by atoms with Gasteiger partial charge in [0.1, 0.15) is 6.23 Å². The molecule has 1 saturated heterocycles. The van der Waals surface area contributed by atoms with Crippen molar-refractivity contribution in [2.24, 2.45) is 0 Å². The van der Waals surface area contributed by atoms with E-state index in [1.807, 2.05) is 0 Å². The number of halogens is 1. The van der Waals surface area contributed by atoms with Gasteiger partial charge in [-0.3, -0.25) is 13.9 Å². The average molecular weight is 300 g/mol. The van der Waals surface area contributed by atoms with Crippen molar-refractivity contribution in [3.8, 4) is 0 Å². The lowest BCUT2D eigenvalue weighted by Gasteiger charge is -2.15. The lowest BCUT2D eigenvalue weighted by molar-refractivity contribution is 0.0502. The van der Waals surface area contributed by atoms with Crippen LogP contribution in [-0.4, -0.2) is 27.5 Å². The molecule has 0 saturated carbocycles. The first-order chi connectivity index (χ1) is 10.1. The van der Waals surface area contributed by atoms with Gasteiger partial charge in [0, 0.05) is 19.8 Å². The third-order valence-corrected chi connectivity index (χ3v) is 3.66. The molecule has 1 atom stereocenters. The van der Waals surface area contributed by atoms with Crippen LogP contribution in [0.2, 0.25) is 0 Å². The van der Waals surface area contributed by atoms with Crippen LogP contribution in [-0.2, 0) is 11.3 Å². The smallest absolute Gasteiger partial charge is 0.333 e. The molecule has 118 valence electrons. The molecule has 1 fully saturated rings. The summed E-state index contributed by atoms with van der Waals surface area (Å²) in [7, 11) is 0. The van der Waals surface area contributed by atoms with Gasteiger partial charge in [0.05, 0.1) is 6.20 Å². The second-order valence-electron chi connectivity index (χ2n) is 5.23. The zero-order valence-electron chi connectivity index (χ0n) is 12.0. The van der Waals surface area contributed by atoms with Gasteiger partial charge in [-0.25, -0.2) is 4.79 Å². The fourth-order valence-corrected chi connectivity index (χ4v) is 2.51. The summed E-state index contributed by atoms with van der Waals surface area (Å²) >= 11 is 0. The summed E-state index contributed by atoms with van der Waals surface area (Å²) < 4.78 is 21.2. The molecule has 21 heavy (non-hydrogen) atoms. The molecule has 0 bridgehead atoms. The molecule has 0 amide bonds. The SMILES string of the molecule is O=c1c(F)cn(C2CCCO2)c(=O)n1CCCCCCO. The van der Waals surface area contributed by atoms with Gasteiger partial charge >= 0.3 is 5.69 Å². The van der Waals surface area contributed by atoms with Crippen LogP contribution >= 0.6 is 0 Å². The van der Waals surface area contributed by atoms with Crippen molar-refractivity contribution >= 4 is 0 Å². The molecule has 0 aliphatic carbocycles. The van der Waals surface area contributed by atoms with E-state index in [9.17, 15) is 14.0 Å². The van der Waals surface area contributed by atoms with Gasteiger partial charge in [0.2, 0.25) is 5.82 Å². The van der Waals surface area contributed by atoms with E-state index in [0.717, 1.165) is 30.0 Å². The molecule has 0 aromatic carbocycles. The third-order valence-electron chi connectivity index (χ3n) is 3.66. The fraction of sp³-hybridized carbons (Fsp3) is 0.714. The van der Waals surface area contributed by atoms with Gasteiger partial charge in [0.15, 0.2) is 0 Å². The predicted molar refractivity (Wildman–Crippen MR) is 74.7 cm³/mol. The second-order valence-corrected chi connectivity index (χ2v) is 5.23. The van der Waals surface area contributed by atoms with Crippen LogP contribution in [0.5, 0.6) is 0 Å². The van der Waals surface area contributed by atoms with E-state index in [2.05, 4.69) is 0 Å². The summed E-state index contributed by atoms with van der Waals surface area (Å²) in [5, 5.41) is 8.69. The van der Waals surface area contributed by atoms with Crippen LogP contribution < -0.4 is 11.2 Å². The van der Waals surface area contributed by atoms with Crippen molar-refractivity contribution in [1.82, 2.24) is 9.13 Å². The average Bonchev–Trinajstić information content (AvgIpc) is 3.00. The molecular formula is C14H21FN2O4. The van der Waals surface area contributed by atoms with E-state index in [-0.39, 0.29) is 13.2 Å². The number of aliphatic hydroxyl groups excluding tert-OH is 1. The van der Waals surface area contributed by atoms with Gasteiger partial charge in [-0.05, 0) is 25.7 Å². The minimum atomic E-state index is -0.930. The van der Waals surface area contributed by atoms with E-state index in [1.165, 1.54) is 4.57 Å². The van der Waals surface area contributed by atoms with E-state index < -0.39 is 23.3 Å². The highest BCUT2D eigenvalue weighted by atomic mass is 19.1. The molecule has 1 aromatic heterocycles. The lowest BCUT2D eigenvalue weighted by Crippen LogP contribution is -2.42. The molecule has 1 N–H and O–H groups in total. The van der Waals surface area contributed by atoms with E-state index in [4.69, 9.17) is 9.84 Å². The number of hydrogen-bond donors (Lipinski definition) is 1. The Bertz CT molecular complexity index is 575. The summed E-state index contributed by atoms with van der Waals surface area (Å²) in [4.78, 5) is 24.1. The second kappa shape index (κ2) is 7.51. The topological polar surface area (TPSA) is 73.5 Å². The molecule has 6 nitrogen and oxygen atoms in total. The van der Waals surface area contributed by atoms with Crippen molar-refractivity contribution in [2.75, 3.05) is 13.2 Å². The Kier molecular flexibility index (Phi) is 5.69. The van der Waals surface area contributed by atoms with Gasteiger partial charge in [-0.1, -0.05) is 12.8 Å². The lowest BCUT2D eigenvalue weighted by atomic mass is 10.2. The van der Waals surface area contributed by atoms with Crippen LogP contribution in [0, 0.1) is 5.82 Å². The van der Waals surface area contributed by atoms with Crippen LogP contribution in [0.15, 0.2) is 15.8 Å². The maximum absolute atomic E-state index is 13.7. The molecule has 2 rings (SSSR count). The minimum absolute atomic E-state index is 0.131. The van der Waals surface area contributed by atoms with Crippen LogP contribution in [0.25, 0.3) is 0 Å². The first-order valence-electron chi connectivity index (χ1n) is 7.39. The Balaban J connectivity index is 2.15. The highest BCUT2D eigenvalue weighted by Crippen LogP contribution is 2.20. The minimum Gasteiger partial charge on any atom is -0.396 e. The summed E-state index contributed by atoms with van der Waals surface area (Å²) in [6.45, 7) is 0.859. The Labute approximate surface area is 121 Å². The monoisotopic (exact) mass is 300 g/mol. The molecule has 1 aliphatic rings. The van der Waals surface area contributed by atoms with Crippen molar-refractivity contribution < 1.29 is 14.2 Å². The summed E-state index contributed by atoms with van der Waals surface area (Å²) in [5.74, 6) is -0.930. The fourth-order valence-electron chi connectivity index (χ4n) is 2.51. The van der Waals surface area contributed by atoms with E-state index in [0.29, 0.717) is 25.9 Å². The zero-order valence-corrected chi connectivity index (χ0v) is 12.0. The standard InChI is InChI=1S/C14H21FN2O4/c15-11-10-17(12-6-5-9-21-12)14(20)16(13(11)19)7-3-1-2-4-8-18/h10,12,18H,1-9H2. The Morgan fingerprint density at radius 1 is 1.29 bits per heavy atom. The Morgan fingerprint density at radius 2 is 2.05 bits per heavy atom. The summed E-state index contributed by atoms with van der Waals surface area (Å²) in [6, 6.07) is 0. The number of hydrogen-bond acceptors (Lipinski definition) is 4. The van der Waals surface area contributed by atoms with Crippen molar-refractivity contribution in [2.45, 2.75) is 51.3 Å². The Hall–Kier alpha value is -1.47. The van der Waals surface area contributed by atoms with Gasteiger partial charge in [-0.15, -0.1) is 0 Å². The molecule has 7 heteroatoms. The summed E-state index contributed by atoms with van der Waals surface area (Å²) in [5.41, 5.74) is -1.40. The van der Waals surface area contributed by atoms with Gasteiger partial charge < -0.3 is 9.84 Å². The quantitative estimate of drug-likeness (QED) is 0.763. The van der Waals surface area contributed by atoms with Crippen molar-refractivity contribution in [3.63, 3.8) is 0 Å². The molecule has 0 spiro atoms. The highest BCUT2D eigenvalue weighted by molar-refractivity contribution is 4.92. The normalized spacial score (nSPS) is 18.3. The van der Waals surface area contributed by atoms with Crippen LogP contribution in [0.3, 0.4) is 0 Å². The van der Waals surface area contributed by atoms with Gasteiger partial charge in [-0.2, -0.15) is 4.39 Å². The molecule has 1 aliphatic heterocycles. The maximum Gasteiger partial charge on any atom is 0.333 e. The number of nitrogens with zero attached hydrogens (tertiary/aromatic N) is 2. The third kappa shape index (κ3) is 3.79. The number of aromatic nitrogens is 2. The van der Waals surface area contributed by atoms with Crippen LogP contribution in [0.4, 0.5) is 4.39 Å². The zero-order chi connectivity index (χ0) is 15.2.